The van der Waals surface area contributed by atoms with Crippen molar-refractivity contribution in [2.75, 3.05) is 20.2 Å². The Bertz CT molecular complexity index is 594. The lowest BCUT2D eigenvalue weighted by Crippen LogP contribution is -2.31. The zero-order chi connectivity index (χ0) is 14.5. The van der Waals surface area contributed by atoms with E-state index in [-0.39, 0.29) is 5.91 Å². The van der Waals surface area contributed by atoms with Crippen LogP contribution in [0, 0.1) is 6.92 Å². The lowest BCUT2D eigenvalue weighted by atomic mass is 10.2. The molecule has 0 atom stereocenters. The van der Waals surface area contributed by atoms with Crippen molar-refractivity contribution in [3.63, 3.8) is 0 Å². The summed E-state index contributed by atoms with van der Waals surface area (Å²) in [5.74, 6) is 1.24. The minimum Gasteiger partial charge on any atom is -0.492 e. The van der Waals surface area contributed by atoms with Crippen LogP contribution in [0.15, 0.2) is 41.0 Å². The van der Waals surface area contributed by atoms with E-state index in [0.29, 0.717) is 35.2 Å². The minimum atomic E-state index is -0.0778. The van der Waals surface area contributed by atoms with Gasteiger partial charge >= 0.3 is 0 Å². The maximum absolute atomic E-state index is 12.1. The van der Waals surface area contributed by atoms with Gasteiger partial charge in [0.1, 0.15) is 18.1 Å². The first kappa shape index (κ1) is 14.5. The number of carbonyl (C=O) groups excluding carboxylic acids is 1. The molecule has 0 unspecified atom stereocenters. The van der Waals surface area contributed by atoms with Crippen molar-refractivity contribution < 1.29 is 13.9 Å². The number of amides is 1. The lowest BCUT2D eigenvalue weighted by molar-refractivity contribution is 0.0772. The van der Waals surface area contributed by atoms with Crippen LogP contribution in [0.3, 0.4) is 0 Å². The topological polar surface area (TPSA) is 42.7 Å². The molecule has 2 aromatic rings. The Morgan fingerprint density at radius 1 is 1.40 bits per heavy atom. The Morgan fingerprint density at radius 2 is 2.20 bits per heavy atom. The van der Waals surface area contributed by atoms with Crippen molar-refractivity contribution in [2.24, 2.45) is 0 Å². The molecule has 0 aliphatic rings. The number of nitrogens with zero attached hydrogens (tertiary/aromatic N) is 1. The molecule has 106 valence electrons. The van der Waals surface area contributed by atoms with Crippen LogP contribution in [0.5, 0.6) is 5.75 Å². The molecule has 0 saturated carbocycles. The van der Waals surface area contributed by atoms with Gasteiger partial charge in [-0.15, -0.1) is 0 Å². The summed E-state index contributed by atoms with van der Waals surface area (Å²) in [5, 5.41) is 0.626. The van der Waals surface area contributed by atoms with E-state index in [1.807, 2.05) is 12.1 Å². The molecular weight excluding hydrogens is 278 g/mol. The molecule has 1 aromatic carbocycles. The molecule has 1 amide bonds. The summed E-state index contributed by atoms with van der Waals surface area (Å²) in [6.07, 6.45) is 1.51. The van der Waals surface area contributed by atoms with Gasteiger partial charge in [-0.3, -0.25) is 4.79 Å². The summed E-state index contributed by atoms with van der Waals surface area (Å²) in [6.45, 7) is 2.65. The number of likely N-dealkylation sites (N-methyl/N-ethyl adjacent to an activating group) is 1. The standard InChI is InChI=1S/C15H16ClNO3/c1-11-14(6-8-19-11)15(18)17(2)7-9-20-13-5-3-4-12(16)10-13/h3-6,8,10H,7,9H2,1-2H3. The highest BCUT2D eigenvalue weighted by atomic mass is 35.5. The highest BCUT2D eigenvalue weighted by Crippen LogP contribution is 2.17. The smallest absolute Gasteiger partial charge is 0.257 e. The average molecular weight is 294 g/mol. The molecule has 5 heteroatoms. The number of benzene rings is 1. The Morgan fingerprint density at radius 3 is 2.85 bits per heavy atom. The monoisotopic (exact) mass is 293 g/mol. The Labute approximate surface area is 122 Å². The third-order valence-electron chi connectivity index (χ3n) is 2.93. The zero-order valence-electron chi connectivity index (χ0n) is 11.4. The predicted octanol–water partition coefficient (Wildman–Crippen LogP) is 3.39. The summed E-state index contributed by atoms with van der Waals surface area (Å²) in [5.41, 5.74) is 0.579. The molecular formula is C15H16ClNO3. The molecule has 2 rings (SSSR count). The van der Waals surface area contributed by atoms with E-state index < -0.39 is 0 Å². The fourth-order valence-electron chi connectivity index (χ4n) is 1.77. The van der Waals surface area contributed by atoms with E-state index in [1.54, 1.807) is 37.1 Å². The summed E-state index contributed by atoms with van der Waals surface area (Å²) in [4.78, 5) is 13.7. The normalized spacial score (nSPS) is 10.3. The van der Waals surface area contributed by atoms with Crippen LogP contribution in [0.1, 0.15) is 16.1 Å². The Balaban J connectivity index is 1.85. The first-order valence-electron chi connectivity index (χ1n) is 6.26. The largest absolute Gasteiger partial charge is 0.492 e. The van der Waals surface area contributed by atoms with Gasteiger partial charge in [0.15, 0.2) is 0 Å². The number of furan rings is 1. The number of hydrogen-bond donors (Lipinski definition) is 0. The van der Waals surface area contributed by atoms with Crippen LogP contribution in [-0.2, 0) is 0 Å². The van der Waals surface area contributed by atoms with Gasteiger partial charge in [0.05, 0.1) is 18.4 Å². The number of ether oxygens (including phenoxy) is 1. The van der Waals surface area contributed by atoms with Crippen molar-refractivity contribution in [2.45, 2.75) is 6.92 Å². The zero-order valence-corrected chi connectivity index (χ0v) is 12.2. The first-order chi connectivity index (χ1) is 9.58. The number of carbonyl (C=O) groups is 1. The molecule has 0 fully saturated rings. The van der Waals surface area contributed by atoms with Crippen molar-refractivity contribution in [3.05, 3.63) is 52.9 Å². The van der Waals surface area contributed by atoms with Crippen molar-refractivity contribution in [1.29, 1.82) is 0 Å². The van der Waals surface area contributed by atoms with Crippen molar-refractivity contribution >= 4 is 17.5 Å². The Hall–Kier alpha value is -1.94. The summed E-state index contributed by atoms with van der Waals surface area (Å²) < 4.78 is 10.7. The second-order valence-electron chi connectivity index (χ2n) is 4.42. The van der Waals surface area contributed by atoms with Gasteiger partial charge in [0, 0.05) is 12.1 Å². The van der Waals surface area contributed by atoms with Crippen LogP contribution < -0.4 is 4.74 Å². The molecule has 1 heterocycles. The molecule has 0 aliphatic heterocycles. The van der Waals surface area contributed by atoms with Crippen LogP contribution in [0.2, 0.25) is 5.02 Å². The number of aryl methyl sites for hydroxylation is 1. The van der Waals surface area contributed by atoms with Gasteiger partial charge in [-0.25, -0.2) is 0 Å². The van der Waals surface area contributed by atoms with E-state index in [0.717, 1.165) is 0 Å². The molecule has 0 aliphatic carbocycles. The van der Waals surface area contributed by atoms with Gasteiger partial charge in [-0.1, -0.05) is 17.7 Å². The van der Waals surface area contributed by atoms with Crippen molar-refractivity contribution in [1.82, 2.24) is 4.90 Å². The van der Waals surface area contributed by atoms with E-state index in [4.69, 9.17) is 20.8 Å². The van der Waals surface area contributed by atoms with Crippen LogP contribution in [0.25, 0.3) is 0 Å². The molecule has 1 aromatic heterocycles. The van der Waals surface area contributed by atoms with E-state index >= 15 is 0 Å². The van der Waals surface area contributed by atoms with E-state index in [2.05, 4.69) is 0 Å². The van der Waals surface area contributed by atoms with Crippen molar-refractivity contribution in [3.8, 4) is 5.75 Å². The second-order valence-corrected chi connectivity index (χ2v) is 4.86. The summed E-state index contributed by atoms with van der Waals surface area (Å²) in [7, 11) is 1.73. The molecule has 0 N–H and O–H groups in total. The van der Waals surface area contributed by atoms with E-state index in [9.17, 15) is 4.79 Å². The van der Waals surface area contributed by atoms with Gasteiger partial charge in [-0.2, -0.15) is 0 Å². The van der Waals surface area contributed by atoms with Crippen LogP contribution in [-0.4, -0.2) is 31.0 Å². The SMILES string of the molecule is Cc1occc1C(=O)N(C)CCOc1cccc(Cl)c1. The molecule has 0 spiro atoms. The number of hydrogen-bond acceptors (Lipinski definition) is 3. The summed E-state index contributed by atoms with van der Waals surface area (Å²) >= 11 is 5.87. The molecule has 0 bridgehead atoms. The predicted molar refractivity (Wildman–Crippen MR) is 77.4 cm³/mol. The second kappa shape index (κ2) is 6.48. The molecule has 0 saturated heterocycles. The first-order valence-corrected chi connectivity index (χ1v) is 6.63. The quantitative estimate of drug-likeness (QED) is 0.848. The average Bonchev–Trinajstić information content (AvgIpc) is 2.84. The highest BCUT2D eigenvalue weighted by Gasteiger charge is 2.15. The van der Waals surface area contributed by atoms with Gasteiger partial charge < -0.3 is 14.1 Å². The van der Waals surface area contributed by atoms with Gasteiger partial charge in [0.25, 0.3) is 5.91 Å². The maximum atomic E-state index is 12.1. The third kappa shape index (κ3) is 3.54. The maximum Gasteiger partial charge on any atom is 0.257 e. The third-order valence-corrected chi connectivity index (χ3v) is 3.16. The highest BCUT2D eigenvalue weighted by molar-refractivity contribution is 6.30. The lowest BCUT2D eigenvalue weighted by Gasteiger charge is -2.17. The molecule has 0 radical (unpaired) electrons. The van der Waals surface area contributed by atoms with Gasteiger partial charge in [-0.05, 0) is 31.2 Å². The van der Waals surface area contributed by atoms with E-state index in [1.165, 1.54) is 6.26 Å². The fourth-order valence-corrected chi connectivity index (χ4v) is 1.95. The number of halogens is 1. The number of rotatable bonds is 5. The minimum absolute atomic E-state index is 0.0778. The van der Waals surface area contributed by atoms with Gasteiger partial charge in [0.2, 0.25) is 0 Å². The Kier molecular flexibility index (Phi) is 4.69. The fraction of sp³-hybridized carbons (Fsp3) is 0.267. The molecule has 4 nitrogen and oxygen atoms in total. The van der Waals surface area contributed by atoms with Crippen LogP contribution >= 0.6 is 11.6 Å². The molecule has 20 heavy (non-hydrogen) atoms. The summed E-state index contributed by atoms with van der Waals surface area (Å²) in [6, 6.07) is 8.84. The van der Waals surface area contributed by atoms with Crippen LogP contribution in [0.4, 0.5) is 0 Å².